The molecule has 2 nitrogen and oxygen atoms in total. The largest absolute Gasteiger partial charge is 0.382 e. The lowest BCUT2D eigenvalue weighted by atomic mass is 9.83. The van der Waals surface area contributed by atoms with Gasteiger partial charge in [0.25, 0.3) is 0 Å². The van der Waals surface area contributed by atoms with Gasteiger partial charge in [0.2, 0.25) is 0 Å². The first-order valence-corrected chi connectivity index (χ1v) is 7.96. The number of nitrogens with one attached hydrogen (secondary N) is 1. The van der Waals surface area contributed by atoms with Gasteiger partial charge in [-0.15, -0.1) is 0 Å². The lowest BCUT2D eigenvalue weighted by Gasteiger charge is -2.33. The zero-order chi connectivity index (χ0) is 13.1. The van der Waals surface area contributed by atoms with Crippen molar-refractivity contribution in [1.29, 1.82) is 0 Å². The van der Waals surface area contributed by atoms with E-state index in [9.17, 15) is 0 Å². The summed E-state index contributed by atoms with van der Waals surface area (Å²) < 4.78 is 0. The molecule has 1 aromatic rings. The molecule has 0 aromatic heterocycles. The molecule has 0 saturated heterocycles. The van der Waals surface area contributed by atoms with Crippen LogP contribution in [0.5, 0.6) is 0 Å². The van der Waals surface area contributed by atoms with Crippen LogP contribution in [-0.2, 0) is 12.8 Å². The molecule has 19 heavy (non-hydrogen) atoms. The second kappa shape index (κ2) is 5.96. The third-order valence-corrected chi connectivity index (χ3v) is 4.95. The fraction of sp³-hybridized carbons (Fsp3) is 0.647. The maximum absolute atomic E-state index is 5.95. The van der Waals surface area contributed by atoms with Crippen molar-refractivity contribution in [2.75, 3.05) is 11.9 Å². The predicted molar refractivity (Wildman–Crippen MR) is 81.5 cm³/mol. The summed E-state index contributed by atoms with van der Waals surface area (Å²) in [6.07, 6.45) is 10.5. The first kappa shape index (κ1) is 13.0. The molecule has 0 heterocycles. The summed E-state index contributed by atoms with van der Waals surface area (Å²) in [6.45, 7) is 0.826. The SMILES string of the molecule is NCC1CCCCC1Nc1cccc2c1CCCC2. The lowest BCUT2D eigenvalue weighted by molar-refractivity contribution is 0.332. The molecule has 0 bridgehead atoms. The van der Waals surface area contributed by atoms with Gasteiger partial charge >= 0.3 is 0 Å². The van der Waals surface area contributed by atoms with Crippen LogP contribution in [0.4, 0.5) is 5.69 Å². The van der Waals surface area contributed by atoms with Gasteiger partial charge in [0, 0.05) is 11.7 Å². The van der Waals surface area contributed by atoms with Crippen molar-refractivity contribution < 1.29 is 0 Å². The van der Waals surface area contributed by atoms with Crippen molar-refractivity contribution in [2.24, 2.45) is 11.7 Å². The topological polar surface area (TPSA) is 38.0 Å². The van der Waals surface area contributed by atoms with Gasteiger partial charge in [-0.25, -0.2) is 0 Å². The van der Waals surface area contributed by atoms with Gasteiger partial charge < -0.3 is 11.1 Å². The van der Waals surface area contributed by atoms with Crippen molar-refractivity contribution in [3.63, 3.8) is 0 Å². The van der Waals surface area contributed by atoms with Crippen LogP contribution in [0.2, 0.25) is 0 Å². The summed E-state index contributed by atoms with van der Waals surface area (Å²) >= 11 is 0. The van der Waals surface area contributed by atoms with Crippen LogP contribution in [0, 0.1) is 5.92 Å². The Labute approximate surface area is 116 Å². The summed E-state index contributed by atoms with van der Waals surface area (Å²) in [4.78, 5) is 0. The second-order valence-electron chi connectivity index (χ2n) is 6.18. The monoisotopic (exact) mass is 258 g/mol. The molecule has 2 atom stereocenters. The van der Waals surface area contributed by atoms with Crippen LogP contribution < -0.4 is 11.1 Å². The highest BCUT2D eigenvalue weighted by atomic mass is 14.9. The molecule has 1 saturated carbocycles. The van der Waals surface area contributed by atoms with Gasteiger partial charge in [-0.1, -0.05) is 25.0 Å². The Morgan fingerprint density at radius 1 is 1.05 bits per heavy atom. The first-order valence-electron chi connectivity index (χ1n) is 7.96. The summed E-state index contributed by atoms with van der Waals surface area (Å²) in [5, 5.41) is 3.83. The quantitative estimate of drug-likeness (QED) is 0.871. The van der Waals surface area contributed by atoms with Gasteiger partial charge in [0.05, 0.1) is 0 Å². The van der Waals surface area contributed by atoms with E-state index in [1.165, 1.54) is 57.1 Å². The van der Waals surface area contributed by atoms with E-state index in [4.69, 9.17) is 5.73 Å². The molecule has 2 heteroatoms. The van der Waals surface area contributed by atoms with Gasteiger partial charge in [-0.3, -0.25) is 0 Å². The molecule has 2 aliphatic carbocycles. The molecular weight excluding hydrogens is 232 g/mol. The van der Waals surface area contributed by atoms with Gasteiger partial charge in [-0.05, 0) is 68.2 Å². The number of hydrogen-bond donors (Lipinski definition) is 2. The van der Waals surface area contributed by atoms with Crippen molar-refractivity contribution >= 4 is 5.69 Å². The Hall–Kier alpha value is -1.02. The summed E-state index contributed by atoms with van der Waals surface area (Å²) in [6, 6.07) is 7.38. The van der Waals surface area contributed by atoms with Crippen LogP contribution in [-0.4, -0.2) is 12.6 Å². The molecule has 0 aliphatic heterocycles. The Morgan fingerprint density at radius 3 is 2.79 bits per heavy atom. The van der Waals surface area contributed by atoms with Gasteiger partial charge in [-0.2, -0.15) is 0 Å². The average Bonchev–Trinajstić information content (AvgIpc) is 2.48. The molecule has 2 aliphatic rings. The standard InChI is InChI=1S/C17H26N2/c18-12-14-7-2-4-10-16(14)19-17-11-5-8-13-6-1-3-9-15(13)17/h5,8,11,14,16,19H,1-4,6-7,9-10,12,18H2. The first-order chi connectivity index (χ1) is 9.38. The minimum absolute atomic E-state index is 0.590. The van der Waals surface area contributed by atoms with E-state index in [1.54, 1.807) is 11.1 Å². The Morgan fingerprint density at radius 2 is 1.89 bits per heavy atom. The maximum Gasteiger partial charge on any atom is 0.0377 e. The van der Waals surface area contributed by atoms with Crippen LogP contribution >= 0.6 is 0 Å². The normalized spacial score (nSPS) is 26.8. The molecule has 0 spiro atoms. The number of rotatable bonds is 3. The van der Waals surface area contributed by atoms with Crippen molar-refractivity contribution in [3.05, 3.63) is 29.3 Å². The highest BCUT2D eigenvalue weighted by Gasteiger charge is 2.24. The van der Waals surface area contributed by atoms with Crippen LogP contribution in [0.15, 0.2) is 18.2 Å². The molecule has 1 aromatic carbocycles. The number of anilines is 1. The van der Waals surface area contributed by atoms with Crippen LogP contribution in [0.3, 0.4) is 0 Å². The molecule has 0 amide bonds. The number of nitrogens with two attached hydrogens (primary N) is 1. The average molecular weight is 258 g/mol. The van der Waals surface area contributed by atoms with E-state index in [-0.39, 0.29) is 0 Å². The maximum atomic E-state index is 5.95. The Kier molecular flexibility index (Phi) is 4.07. The molecule has 3 rings (SSSR count). The van der Waals surface area contributed by atoms with Gasteiger partial charge in [0.1, 0.15) is 0 Å². The number of benzene rings is 1. The van der Waals surface area contributed by atoms with Crippen molar-refractivity contribution in [2.45, 2.75) is 57.4 Å². The minimum Gasteiger partial charge on any atom is -0.382 e. The van der Waals surface area contributed by atoms with Crippen molar-refractivity contribution in [3.8, 4) is 0 Å². The van der Waals surface area contributed by atoms with Crippen molar-refractivity contribution in [1.82, 2.24) is 0 Å². The third kappa shape index (κ3) is 2.79. The van der Waals surface area contributed by atoms with E-state index in [2.05, 4.69) is 23.5 Å². The predicted octanol–water partition coefficient (Wildman–Crippen LogP) is 3.49. The molecule has 3 N–H and O–H groups in total. The highest BCUT2D eigenvalue weighted by molar-refractivity contribution is 5.56. The van der Waals surface area contributed by atoms with E-state index >= 15 is 0 Å². The number of hydrogen-bond acceptors (Lipinski definition) is 2. The zero-order valence-corrected chi connectivity index (χ0v) is 11.8. The lowest BCUT2D eigenvalue weighted by Crippen LogP contribution is -2.37. The second-order valence-corrected chi connectivity index (χ2v) is 6.18. The van der Waals surface area contributed by atoms with Crippen LogP contribution in [0.1, 0.15) is 49.7 Å². The molecule has 104 valence electrons. The minimum atomic E-state index is 0.590. The molecular formula is C17H26N2. The summed E-state index contributed by atoms with van der Waals surface area (Å²) in [5.74, 6) is 0.660. The fourth-order valence-corrected chi connectivity index (χ4v) is 3.80. The summed E-state index contributed by atoms with van der Waals surface area (Å²) in [5.41, 5.74) is 10.5. The number of aryl methyl sites for hydroxylation is 1. The highest BCUT2D eigenvalue weighted by Crippen LogP contribution is 2.31. The summed E-state index contributed by atoms with van der Waals surface area (Å²) in [7, 11) is 0. The molecule has 1 fully saturated rings. The zero-order valence-electron chi connectivity index (χ0n) is 11.8. The van der Waals surface area contributed by atoms with E-state index < -0.39 is 0 Å². The molecule has 0 radical (unpaired) electrons. The van der Waals surface area contributed by atoms with E-state index in [1.807, 2.05) is 0 Å². The fourth-order valence-electron chi connectivity index (χ4n) is 3.80. The van der Waals surface area contributed by atoms with E-state index in [0.717, 1.165) is 6.54 Å². The Bertz CT molecular complexity index is 427. The van der Waals surface area contributed by atoms with Crippen LogP contribution in [0.25, 0.3) is 0 Å². The number of fused-ring (bicyclic) bond motifs is 1. The third-order valence-electron chi connectivity index (χ3n) is 4.95. The smallest absolute Gasteiger partial charge is 0.0377 e. The Balaban J connectivity index is 1.78. The van der Waals surface area contributed by atoms with E-state index in [0.29, 0.717) is 12.0 Å². The molecule has 2 unspecified atom stereocenters. The van der Waals surface area contributed by atoms with Gasteiger partial charge in [0.15, 0.2) is 0 Å².